The molecule has 0 amide bonds. The molecule has 0 rings (SSSR count). The molecule has 0 aliphatic rings. The number of hydrogen-bond acceptors (Lipinski definition) is 6. The van der Waals surface area contributed by atoms with Crippen LogP contribution in [0, 0.1) is 5.21 Å². The quantitative estimate of drug-likeness (QED) is 0.226. The Bertz CT molecular complexity index is 417. The summed E-state index contributed by atoms with van der Waals surface area (Å²) in [6, 6.07) is 0. The Morgan fingerprint density at radius 3 is 1.56 bits per heavy atom. The maximum absolute atomic E-state index is 13.4. The van der Waals surface area contributed by atoms with Crippen molar-refractivity contribution in [3.63, 3.8) is 0 Å². The molecule has 0 fully saturated rings. The van der Waals surface area contributed by atoms with Gasteiger partial charge in [-0.05, 0) is 33.6 Å². The molecule has 0 saturated heterocycles. The van der Waals surface area contributed by atoms with Crippen molar-refractivity contribution < 1.29 is 9.44 Å². The van der Waals surface area contributed by atoms with Crippen LogP contribution in [0.15, 0.2) is 0 Å². The first-order valence-corrected chi connectivity index (χ1v) is 9.55. The van der Waals surface area contributed by atoms with Crippen molar-refractivity contribution in [3.05, 3.63) is 5.21 Å². The number of nitrogens with two attached hydrogens (primary N) is 3. The van der Waals surface area contributed by atoms with Gasteiger partial charge < -0.3 is 20.7 Å². The van der Waals surface area contributed by atoms with Crippen LogP contribution >= 0.6 is 0 Å². The predicted molar refractivity (Wildman–Crippen MR) is 104 cm³/mol. The van der Waals surface area contributed by atoms with E-state index >= 15 is 0 Å². The van der Waals surface area contributed by atoms with Crippen molar-refractivity contribution in [2.24, 2.45) is 17.4 Å². The minimum absolute atomic E-state index is 0.386. The largest absolute Gasteiger partial charge is 0.783 e. The first-order valence-electron chi connectivity index (χ1n) is 9.55. The number of hydrogen-bond donors (Lipinski definition) is 3. The van der Waals surface area contributed by atoms with Crippen LogP contribution in [0.25, 0.3) is 0 Å². The fraction of sp³-hybridized carbons (Fsp3) is 1.00. The molecule has 0 spiro atoms. The second-order valence-electron chi connectivity index (χ2n) is 7.89. The molecule has 25 heavy (non-hydrogen) atoms. The van der Waals surface area contributed by atoms with Crippen LogP contribution < -0.4 is 17.4 Å². The Kier molecular flexibility index (Phi) is 8.08. The summed E-state index contributed by atoms with van der Waals surface area (Å²) < 4.78 is 5.46. The van der Waals surface area contributed by atoms with Crippen molar-refractivity contribution in [3.8, 4) is 0 Å². The third-order valence-corrected chi connectivity index (χ3v) is 7.14. The molecule has 0 aliphatic carbocycles. The highest BCUT2D eigenvalue weighted by atomic mass is 16.5. The first kappa shape index (κ1) is 24.7. The topological polar surface area (TPSA) is 114 Å². The third-order valence-electron chi connectivity index (χ3n) is 7.14. The average molecular weight is 362 g/mol. The molecule has 7 nitrogen and oxygen atoms in total. The average Bonchev–Trinajstić information content (AvgIpc) is 2.60. The molecule has 0 heterocycles. The van der Waals surface area contributed by atoms with E-state index in [0.717, 1.165) is 5.06 Å². The summed E-state index contributed by atoms with van der Waals surface area (Å²) in [7, 11) is 1.63. The van der Waals surface area contributed by atoms with Crippen LogP contribution in [-0.2, 0) is 4.74 Å². The number of hydroxylamine groups is 2. The van der Waals surface area contributed by atoms with E-state index in [2.05, 4.69) is 0 Å². The maximum Gasteiger partial charge on any atom is 0.238 e. The molecular weight excluding hydrogens is 318 g/mol. The van der Waals surface area contributed by atoms with Gasteiger partial charge in [-0.3, -0.25) is 0 Å². The Morgan fingerprint density at radius 2 is 1.32 bits per heavy atom. The lowest BCUT2D eigenvalue weighted by atomic mass is 9.71. The van der Waals surface area contributed by atoms with Crippen LogP contribution in [0.1, 0.15) is 87.5 Å². The van der Waals surface area contributed by atoms with Gasteiger partial charge in [0.25, 0.3) is 0 Å². The molecule has 0 aromatic carbocycles. The molecule has 0 aliphatic heterocycles. The molecule has 7 heteroatoms. The van der Waals surface area contributed by atoms with Gasteiger partial charge in [0.1, 0.15) is 0 Å². The van der Waals surface area contributed by atoms with Crippen molar-refractivity contribution in [2.75, 3.05) is 7.11 Å². The number of nitrogens with zero attached hydrogens (tertiary/aromatic N) is 2. The van der Waals surface area contributed by atoms with Crippen molar-refractivity contribution in [2.45, 2.75) is 110 Å². The summed E-state index contributed by atoms with van der Waals surface area (Å²) in [5, 5.41) is 14.4. The highest BCUT2D eigenvalue weighted by molar-refractivity contribution is 5.06. The van der Waals surface area contributed by atoms with E-state index in [0.29, 0.717) is 32.1 Å². The molecule has 0 radical (unpaired) electrons. The fourth-order valence-corrected chi connectivity index (χ4v) is 4.15. The van der Waals surface area contributed by atoms with E-state index in [4.69, 9.17) is 22.2 Å². The lowest BCUT2D eigenvalue weighted by Crippen LogP contribution is -2.88. The molecule has 0 aromatic heterocycles. The lowest BCUT2D eigenvalue weighted by molar-refractivity contribution is -1.07. The fourth-order valence-electron chi connectivity index (χ4n) is 4.15. The molecule has 3 atom stereocenters. The maximum atomic E-state index is 13.4. The van der Waals surface area contributed by atoms with Crippen LogP contribution in [0.3, 0.4) is 0 Å². The molecule has 0 aromatic rings. The number of quaternary nitrogens is 1. The van der Waals surface area contributed by atoms with Crippen LogP contribution in [-0.4, -0.2) is 39.3 Å². The van der Waals surface area contributed by atoms with Gasteiger partial charge in [0.15, 0.2) is 5.54 Å². The Hall–Kier alpha value is -0.280. The SMILES string of the molecule is CCC(C)(N)N([O-])C(C)(CC)C(C)(CC)[N+](N)(N)C(CC)(CC)OC. The highest BCUT2D eigenvalue weighted by Crippen LogP contribution is 2.46. The van der Waals surface area contributed by atoms with Gasteiger partial charge >= 0.3 is 0 Å². The smallest absolute Gasteiger partial charge is 0.238 e. The second kappa shape index (κ2) is 8.17. The highest BCUT2D eigenvalue weighted by Gasteiger charge is 2.65. The molecule has 6 N–H and O–H groups in total. The van der Waals surface area contributed by atoms with E-state index in [9.17, 15) is 5.21 Å². The minimum atomic E-state index is -1.00. The summed E-state index contributed by atoms with van der Waals surface area (Å²) in [5.41, 5.74) is 2.85. The summed E-state index contributed by atoms with van der Waals surface area (Å²) in [5.74, 6) is 13.6. The summed E-state index contributed by atoms with van der Waals surface area (Å²) in [4.78, 5) is 0. The Morgan fingerprint density at radius 1 is 0.880 bits per heavy atom. The van der Waals surface area contributed by atoms with Crippen molar-refractivity contribution >= 4 is 0 Å². The van der Waals surface area contributed by atoms with Gasteiger partial charge in [0.2, 0.25) is 5.72 Å². The van der Waals surface area contributed by atoms with E-state index in [1.807, 2.05) is 48.5 Å². The zero-order valence-electron chi connectivity index (χ0n) is 18.0. The van der Waals surface area contributed by atoms with E-state index < -0.39 is 22.5 Å². The van der Waals surface area contributed by atoms with E-state index in [1.54, 1.807) is 14.0 Å². The summed E-state index contributed by atoms with van der Waals surface area (Å²) in [6.45, 7) is 15.6. The second-order valence-corrected chi connectivity index (χ2v) is 7.89. The van der Waals surface area contributed by atoms with Gasteiger partial charge in [-0.15, -0.1) is 4.70 Å². The third kappa shape index (κ3) is 3.48. The Balaban J connectivity index is 6.55. The van der Waals surface area contributed by atoms with Crippen LogP contribution in [0.2, 0.25) is 0 Å². The molecule has 0 saturated carbocycles. The van der Waals surface area contributed by atoms with Gasteiger partial charge in [0.05, 0.1) is 11.2 Å². The van der Waals surface area contributed by atoms with E-state index in [1.165, 1.54) is 0 Å². The molecular formula is C18H43N5O2. The van der Waals surface area contributed by atoms with Gasteiger partial charge in [-0.1, -0.05) is 34.6 Å². The number of rotatable bonds is 11. The first-order chi connectivity index (χ1) is 11.3. The Labute approximate surface area is 154 Å². The number of methoxy groups -OCH3 is 1. The number of ether oxygens (including phenoxy) is 1. The van der Waals surface area contributed by atoms with Crippen molar-refractivity contribution in [1.29, 1.82) is 0 Å². The zero-order chi connectivity index (χ0) is 20.3. The summed E-state index contributed by atoms with van der Waals surface area (Å²) >= 11 is 0. The standard InChI is InChI=1S/C18H43N5O2/c1-10-15(6,22(24)17(8,19)12-3)16(7,11-2)23(20,21)18(13-4,14-5)25-9/h10-14,19-21H2,1-9H3. The molecule has 3 unspecified atom stereocenters. The molecule has 152 valence electrons. The van der Waals surface area contributed by atoms with Crippen LogP contribution in [0.5, 0.6) is 0 Å². The van der Waals surface area contributed by atoms with Crippen molar-refractivity contribution in [1.82, 2.24) is 5.06 Å². The zero-order valence-corrected chi connectivity index (χ0v) is 18.0. The summed E-state index contributed by atoms with van der Waals surface area (Å²) in [6.07, 6.45) is 2.96. The lowest BCUT2D eigenvalue weighted by Gasteiger charge is -2.65. The normalized spacial score (nSPS) is 20.9. The van der Waals surface area contributed by atoms with Gasteiger partial charge in [-0.25, -0.2) is 0 Å². The van der Waals surface area contributed by atoms with Gasteiger partial charge in [0, 0.05) is 26.4 Å². The molecule has 0 bridgehead atoms. The monoisotopic (exact) mass is 361 g/mol. The predicted octanol–water partition coefficient (Wildman–Crippen LogP) is 2.94. The minimum Gasteiger partial charge on any atom is -0.783 e. The van der Waals surface area contributed by atoms with Gasteiger partial charge in [-0.2, -0.15) is 11.7 Å². The van der Waals surface area contributed by atoms with Crippen LogP contribution in [0.4, 0.5) is 0 Å². The van der Waals surface area contributed by atoms with E-state index in [-0.39, 0.29) is 4.70 Å².